The number of aromatic nitrogens is 1. The lowest BCUT2D eigenvalue weighted by Gasteiger charge is -2.07. The van der Waals surface area contributed by atoms with E-state index in [1.54, 1.807) is 24.3 Å². The SMILES string of the molecule is Cn1cc(/C=C2/Oc3cc(OCc4cccc(Cl)c4)ccc3C2=O)c2ccccc21. The number of ether oxygens (including phenoxy) is 2. The fourth-order valence-corrected chi connectivity index (χ4v) is 3.89. The Balaban J connectivity index is 1.39. The van der Waals surface area contributed by atoms with E-state index < -0.39 is 0 Å². The molecule has 4 aromatic rings. The Morgan fingerprint density at radius 1 is 1.07 bits per heavy atom. The van der Waals surface area contributed by atoms with E-state index in [0.29, 0.717) is 34.5 Å². The third kappa shape index (κ3) is 3.36. The van der Waals surface area contributed by atoms with Crippen LogP contribution in [0.25, 0.3) is 17.0 Å². The highest BCUT2D eigenvalue weighted by Crippen LogP contribution is 2.36. The number of hydrogen-bond donors (Lipinski definition) is 0. The number of aryl methyl sites for hydroxylation is 1. The van der Waals surface area contributed by atoms with E-state index in [4.69, 9.17) is 21.1 Å². The Labute approximate surface area is 178 Å². The average Bonchev–Trinajstić information content (AvgIpc) is 3.23. The second-order valence-electron chi connectivity index (χ2n) is 7.23. The predicted octanol–water partition coefficient (Wildman–Crippen LogP) is 6.03. The molecule has 2 heterocycles. The highest BCUT2D eigenvalue weighted by atomic mass is 35.5. The second kappa shape index (κ2) is 7.39. The number of nitrogens with zero attached hydrogens (tertiary/aromatic N) is 1. The van der Waals surface area contributed by atoms with E-state index >= 15 is 0 Å². The van der Waals surface area contributed by atoms with Crippen molar-refractivity contribution in [1.29, 1.82) is 0 Å². The quantitative estimate of drug-likeness (QED) is 0.382. The molecule has 5 rings (SSSR count). The Bertz CT molecular complexity index is 1320. The lowest BCUT2D eigenvalue weighted by atomic mass is 10.1. The molecule has 1 aliphatic heterocycles. The van der Waals surface area contributed by atoms with Gasteiger partial charge in [-0.2, -0.15) is 0 Å². The van der Waals surface area contributed by atoms with Crippen molar-refractivity contribution >= 4 is 34.4 Å². The molecule has 1 aromatic heterocycles. The number of fused-ring (bicyclic) bond motifs is 2. The summed E-state index contributed by atoms with van der Waals surface area (Å²) < 4.78 is 13.8. The number of benzene rings is 3. The number of carbonyl (C=O) groups excluding carboxylic acids is 1. The maximum atomic E-state index is 12.8. The lowest BCUT2D eigenvalue weighted by molar-refractivity contribution is 0.101. The van der Waals surface area contributed by atoms with Crippen LogP contribution in [-0.2, 0) is 13.7 Å². The molecule has 1 aliphatic rings. The van der Waals surface area contributed by atoms with E-state index in [1.165, 1.54) is 0 Å². The van der Waals surface area contributed by atoms with Gasteiger partial charge in [-0.15, -0.1) is 0 Å². The molecule has 148 valence electrons. The van der Waals surface area contributed by atoms with Gasteiger partial charge in [-0.25, -0.2) is 0 Å². The first-order valence-electron chi connectivity index (χ1n) is 9.58. The van der Waals surface area contributed by atoms with Crippen molar-refractivity contribution in [2.45, 2.75) is 6.61 Å². The molecule has 0 N–H and O–H groups in total. The summed E-state index contributed by atoms with van der Waals surface area (Å²) in [5.74, 6) is 1.33. The van der Waals surface area contributed by atoms with Crippen LogP contribution in [0.15, 0.2) is 78.7 Å². The van der Waals surface area contributed by atoms with Gasteiger partial charge in [-0.05, 0) is 42.0 Å². The zero-order chi connectivity index (χ0) is 20.7. The van der Waals surface area contributed by atoms with E-state index in [0.717, 1.165) is 22.0 Å². The summed E-state index contributed by atoms with van der Waals surface area (Å²) in [5, 5.41) is 1.74. The third-order valence-corrected chi connectivity index (χ3v) is 5.39. The van der Waals surface area contributed by atoms with Gasteiger partial charge >= 0.3 is 0 Å². The third-order valence-electron chi connectivity index (χ3n) is 5.15. The first-order chi connectivity index (χ1) is 14.6. The van der Waals surface area contributed by atoms with E-state index in [2.05, 4.69) is 0 Å². The summed E-state index contributed by atoms with van der Waals surface area (Å²) in [6.07, 6.45) is 3.80. The first kappa shape index (κ1) is 18.5. The fraction of sp³-hybridized carbons (Fsp3) is 0.0800. The van der Waals surface area contributed by atoms with Crippen LogP contribution in [0, 0.1) is 0 Å². The van der Waals surface area contributed by atoms with Gasteiger partial charge in [0.2, 0.25) is 5.78 Å². The van der Waals surface area contributed by atoms with E-state index in [9.17, 15) is 4.79 Å². The van der Waals surface area contributed by atoms with Crippen molar-refractivity contribution in [3.05, 3.63) is 100 Å². The minimum atomic E-state index is -0.126. The topological polar surface area (TPSA) is 40.5 Å². The van der Waals surface area contributed by atoms with Gasteiger partial charge in [-0.3, -0.25) is 4.79 Å². The molecule has 0 saturated heterocycles. The summed E-state index contributed by atoms with van der Waals surface area (Å²) in [7, 11) is 1.99. The van der Waals surface area contributed by atoms with Crippen LogP contribution < -0.4 is 9.47 Å². The van der Waals surface area contributed by atoms with Gasteiger partial charge in [0.05, 0.1) is 5.56 Å². The Morgan fingerprint density at radius 3 is 2.80 bits per heavy atom. The monoisotopic (exact) mass is 415 g/mol. The van der Waals surface area contributed by atoms with Crippen molar-refractivity contribution in [1.82, 2.24) is 4.57 Å². The maximum absolute atomic E-state index is 12.8. The van der Waals surface area contributed by atoms with Crippen LogP contribution in [0.3, 0.4) is 0 Å². The minimum absolute atomic E-state index is 0.126. The fourth-order valence-electron chi connectivity index (χ4n) is 3.68. The number of halogens is 1. The molecule has 0 spiro atoms. The Kier molecular flexibility index (Phi) is 4.57. The Hall–Kier alpha value is -3.50. The van der Waals surface area contributed by atoms with E-state index in [1.807, 2.05) is 66.3 Å². The molecule has 0 radical (unpaired) electrons. The van der Waals surface area contributed by atoms with Crippen molar-refractivity contribution in [3.63, 3.8) is 0 Å². The minimum Gasteiger partial charge on any atom is -0.489 e. The van der Waals surface area contributed by atoms with E-state index in [-0.39, 0.29) is 5.78 Å². The molecule has 0 amide bonds. The largest absolute Gasteiger partial charge is 0.489 e. The molecule has 0 atom stereocenters. The highest BCUT2D eigenvalue weighted by molar-refractivity contribution is 6.30. The predicted molar refractivity (Wildman–Crippen MR) is 118 cm³/mol. The zero-order valence-corrected chi connectivity index (χ0v) is 17.0. The molecule has 5 heteroatoms. The van der Waals surface area contributed by atoms with Crippen LogP contribution in [0.1, 0.15) is 21.5 Å². The van der Waals surface area contributed by atoms with Crippen LogP contribution >= 0.6 is 11.6 Å². The van der Waals surface area contributed by atoms with Gasteiger partial charge in [-0.1, -0.05) is 41.9 Å². The molecule has 0 unspecified atom stereocenters. The summed E-state index contributed by atoms with van der Waals surface area (Å²) in [6, 6.07) is 20.9. The normalized spacial score (nSPS) is 14.2. The molecule has 4 nitrogen and oxygen atoms in total. The molecule has 0 fully saturated rings. The number of para-hydroxylation sites is 1. The number of ketones is 1. The lowest BCUT2D eigenvalue weighted by Crippen LogP contribution is -1.97. The molecule has 0 aliphatic carbocycles. The van der Waals surface area contributed by atoms with Crippen molar-refractivity contribution in [2.24, 2.45) is 7.05 Å². The van der Waals surface area contributed by atoms with Crippen LogP contribution in [-0.4, -0.2) is 10.4 Å². The molecule has 30 heavy (non-hydrogen) atoms. The smallest absolute Gasteiger partial charge is 0.231 e. The molecule has 0 saturated carbocycles. The summed E-state index contributed by atoms with van der Waals surface area (Å²) in [6.45, 7) is 0.381. The Morgan fingerprint density at radius 2 is 1.93 bits per heavy atom. The maximum Gasteiger partial charge on any atom is 0.231 e. The van der Waals surface area contributed by atoms with Crippen LogP contribution in [0.2, 0.25) is 5.02 Å². The van der Waals surface area contributed by atoms with Crippen molar-refractivity contribution in [3.8, 4) is 11.5 Å². The van der Waals surface area contributed by atoms with Gasteiger partial charge in [0.25, 0.3) is 0 Å². The van der Waals surface area contributed by atoms with Gasteiger partial charge in [0.15, 0.2) is 5.76 Å². The van der Waals surface area contributed by atoms with Crippen molar-refractivity contribution < 1.29 is 14.3 Å². The summed E-state index contributed by atoms with van der Waals surface area (Å²) >= 11 is 6.02. The summed E-state index contributed by atoms with van der Waals surface area (Å²) in [5.41, 5.74) is 3.55. The van der Waals surface area contributed by atoms with Gasteiger partial charge < -0.3 is 14.0 Å². The standard InChI is InChI=1S/C25H18ClNO3/c1-27-14-17(20-7-2-3-8-22(20)27)12-24-25(28)21-10-9-19(13-23(21)30-24)29-15-16-5-4-6-18(26)11-16/h2-14H,15H2,1H3/b24-12+. The second-order valence-corrected chi connectivity index (χ2v) is 7.67. The number of Topliss-reactive ketones (excluding diaryl/α,β-unsaturated/α-hetero) is 1. The summed E-state index contributed by atoms with van der Waals surface area (Å²) in [4.78, 5) is 12.8. The number of carbonyl (C=O) groups is 1. The molecule has 3 aromatic carbocycles. The van der Waals surface area contributed by atoms with Gasteiger partial charge in [0.1, 0.15) is 18.1 Å². The van der Waals surface area contributed by atoms with Crippen LogP contribution in [0.5, 0.6) is 11.5 Å². The molecule has 0 bridgehead atoms. The number of allylic oxidation sites excluding steroid dienone is 1. The highest BCUT2D eigenvalue weighted by Gasteiger charge is 2.28. The average molecular weight is 416 g/mol. The van der Waals surface area contributed by atoms with Gasteiger partial charge in [0, 0.05) is 40.8 Å². The van der Waals surface area contributed by atoms with Crippen LogP contribution in [0.4, 0.5) is 0 Å². The number of hydrogen-bond acceptors (Lipinski definition) is 3. The number of rotatable bonds is 4. The molecular formula is C25H18ClNO3. The van der Waals surface area contributed by atoms with Crippen molar-refractivity contribution in [2.75, 3.05) is 0 Å². The first-order valence-corrected chi connectivity index (χ1v) is 9.96. The molecular weight excluding hydrogens is 398 g/mol. The zero-order valence-electron chi connectivity index (χ0n) is 16.3.